The number of carbonyl (C=O) groups excluding carboxylic acids is 1. The molecule has 0 aliphatic carbocycles. The van der Waals surface area contributed by atoms with Crippen LogP contribution in [0.5, 0.6) is 0 Å². The van der Waals surface area contributed by atoms with Crippen LogP contribution in [0.2, 0.25) is 0 Å². The van der Waals surface area contributed by atoms with Crippen LogP contribution in [0.1, 0.15) is 22.3 Å². The molecule has 0 radical (unpaired) electrons. The van der Waals surface area contributed by atoms with Crippen molar-refractivity contribution >= 4 is 65.4 Å². The number of rotatable bonds is 8. The molecule has 16 heteroatoms. The van der Waals surface area contributed by atoms with Crippen molar-refractivity contribution in [3.8, 4) is 0 Å². The van der Waals surface area contributed by atoms with Gasteiger partial charge in [0.05, 0.1) is 20.3 Å². The van der Waals surface area contributed by atoms with Gasteiger partial charge in [-0.25, -0.2) is 8.42 Å². The number of halogens is 1. The second kappa shape index (κ2) is 9.55. The van der Waals surface area contributed by atoms with Crippen molar-refractivity contribution in [2.45, 2.75) is 18.2 Å². The number of nitrogens with one attached hydrogen (secondary N) is 2. The molecule has 0 atom stereocenters. The first-order valence-electron chi connectivity index (χ1n) is 8.90. The van der Waals surface area contributed by atoms with E-state index < -0.39 is 37.2 Å². The molecular formula is C17H13BrN6O7S2. The Morgan fingerprint density at radius 1 is 1.09 bits per heavy atom. The van der Waals surface area contributed by atoms with Crippen LogP contribution >= 0.6 is 27.3 Å². The number of nitrogens with zero attached hydrogens (tertiary/aromatic N) is 4. The van der Waals surface area contributed by atoms with E-state index in [1.165, 1.54) is 24.3 Å². The molecule has 1 aromatic heterocycles. The molecule has 1 amide bonds. The first-order chi connectivity index (χ1) is 15.5. The number of aryl methyl sites for hydroxylation is 1. The molecule has 2 N–H and O–H groups in total. The van der Waals surface area contributed by atoms with Crippen LogP contribution in [-0.4, -0.2) is 34.4 Å². The lowest BCUT2D eigenvalue weighted by atomic mass is 10.1. The van der Waals surface area contributed by atoms with E-state index in [2.05, 4.69) is 36.2 Å². The van der Waals surface area contributed by atoms with Crippen LogP contribution < -0.4 is 10.0 Å². The first-order valence-corrected chi connectivity index (χ1v) is 12.0. The minimum atomic E-state index is -3.95. The van der Waals surface area contributed by atoms with Crippen LogP contribution in [0.15, 0.2) is 45.8 Å². The highest BCUT2D eigenvalue weighted by atomic mass is 79.9. The molecule has 0 saturated carbocycles. The highest BCUT2D eigenvalue weighted by molar-refractivity contribution is 9.10. The molecule has 0 unspecified atom stereocenters. The van der Waals surface area contributed by atoms with Crippen LogP contribution in [0, 0.1) is 20.2 Å². The fourth-order valence-electron chi connectivity index (χ4n) is 2.52. The Labute approximate surface area is 198 Å². The summed E-state index contributed by atoms with van der Waals surface area (Å²) in [5, 5.41) is 33.1. The highest BCUT2D eigenvalue weighted by Gasteiger charge is 2.27. The molecule has 33 heavy (non-hydrogen) atoms. The zero-order chi connectivity index (χ0) is 24.3. The summed E-state index contributed by atoms with van der Waals surface area (Å²) in [6.45, 7) is 1.86. The van der Waals surface area contributed by atoms with E-state index in [-0.39, 0.29) is 25.8 Å². The number of nitro groups is 2. The third-order valence-electron chi connectivity index (χ3n) is 4.10. The predicted molar refractivity (Wildman–Crippen MR) is 122 cm³/mol. The summed E-state index contributed by atoms with van der Waals surface area (Å²) in [7, 11) is -3.95. The van der Waals surface area contributed by atoms with E-state index in [0.29, 0.717) is 11.4 Å². The Balaban J connectivity index is 1.80. The van der Waals surface area contributed by atoms with Gasteiger partial charge in [-0.1, -0.05) is 18.3 Å². The average Bonchev–Trinajstić information content (AvgIpc) is 3.20. The van der Waals surface area contributed by atoms with Crippen molar-refractivity contribution in [2.24, 2.45) is 0 Å². The van der Waals surface area contributed by atoms with Gasteiger partial charge in [-0.15, -0.1) is 10.2 Å². The summed E-state index contributed by atoms with van der Waals surface area (Å²) in [5.41, 5.74) is -1.45. The largest absolute Gasteiger partial charge is 0.322 e. The number of aromatic nitrogens is 2. The van der Waals surface area contributed by atoms with Gasteiger partial charge in [0, 0.05) is 17.8 Å². The fourth-order valence-corrected chi connectivity index (χ4v) is 4.95. The summed E-state index contributed by atoms with van der Waals surface area (Å²) in [6.07, 6.45) is 0.610. The van der Waals surface area contributed by atoms with Crippen molar-refractivity contribution in [2.75, 3.05) is 10.0 Å². The van der Waals surface area contributed by atoms with E-state index in [4.69, 9.17) is 0 Å². The summed E-state index contributed by atoms with van der Waals surface area (Å²) in [6, 6.07) is 6.83. The summed E-state index contributed by atoms with van der Waals surface area (Å²) in [4.78, 5) is 33.0. The minimum absolute atomic E-state index is 0.108. The molecule has 2 aromatic carbocycles. The molecule has 0 saturated heterocycles. The topological polar surface area (TPSA) is 187 Å². The molecule has 1 heterocycles. The summed E-state index contributed by atoms with van der Waals surface area (Å²) >= 11 is 3.90. The molecular weight excluding hydrogens is 544 g/mol. The number of hydrogen-bond acceptors (Lipinski definition) is 10. The van der Waals surface area contributed by atoms with Gasteiger partial charge in [-0.05, 0) is 46.6 Å². The molecule has 0 fully saturated rings. The van der Waals surface area contributed by atoms with Crippen LogP contribution in [0.4, 0.5) is 22.2 Å². The summed E-state index contributed by atoms with van der Waals surface area (Å²) < 4.78 is 26.9. The number of nitro benzene ring substituents is 2. The minimum Gasteiger partial charge on any atom is -0.322 e. The SMILES string of the molecule is CCc1nnc(NS(=O)(=O)c2ccc(NC(=O)c3cc([N+](=O)[O-])c(Br)c([N+](=O)[O-])c3)cc2)s1. The Hall–Kier alpha value is -3.50. The fraction of sp³-hybridized carbons (Fsp3) is 0.118. The smallest absolute Gasteiger partial charge is 0.291 e. The molecule has 0 aliphatic heterocycles. The maximum atomic E-state index is 12.5. The van der Waals surface area contributed by atoms with Gasteiger partial charge < -0.3 is 5.32 Å². The van der Waals surface area contributed by atoms with Gasteiger partial charge >= 0.3 is 0 Å². The standard InChI is InChI=1S/C17H13BrN6O7S2/c1-2-14-20-21-17(32-14)22-33(30,31)11-5-3-10(4-6-11)19-16(25)9-7-12(23(26)27)15(18)13(8-9)24(28)29/h3-8H,2H2,1H3,(H,19,25)(H,21,22). The maximum Gasteiger partial charge on any atom is 0.291 e. The van der Waals surface area contributed by atoms with Gasteiger partial charge in [-0.2, -0.15) is 0 Å². The number of hydrogen-bond donors (Lipinski definition) is 2. The second-order valence-corrected chi connectivity index (χ2v) is 9.82. The van der Waals surface area contributed by atoms with E-state index in [1.807, 2.05) is 6.92 Å². The number of carbonyl (C=O) groups is 1. The third kappa shape index (κ3) is 5.47. The van der Waals surface area contributed by atoms with Gasteiger partial charge in [0.1, 0.15) is 5.01 Å². The number of anilines is 2. The molecule has 3 aromatic rings. The quantitative estimate of drug-likeness (QED) is 0.307. The lowest BCUT2D eigenvalue weighted by Crippen LogP contribution is -2.14. The van der Waals surface area contributed by atoms with E-state index in [9.17, 15) is 33.4 Å². The molecule has 3 rings (SSSR count). The number of sulfonamides is 1. The van der Waals surface area contributed by atoms with Gasteiger partial charge in [0.25, 0.3) is 27.3 Å². The van der Waals surface area contributed by atoms with Crippen LogP contribution in [0.3, 0.4) is 0 Å². The number of amides is 1. The van der Waals surface area contributed by atoms with Crippen LogP contribution in [-0.2, 0) is 16.4 Å². The molecule has 13 nitrogen and oxygen atoms in total. The van der Waals surface area contributed by atoms with E-state index in [1.54, 1.807) is 0 Å². The van der Waals surface area contributed by atoms with Crippen molar-refractivity contribution in [1.29, 1.82) is 0 Å². The van der Waals surface area contributed by atoms with E-state index in [0.717, 1.165) is 23.5 Å². The Morgan fingerprint density at radius 2 is 1.67 bits per heavy atom. The van der Waals surface area contributed by atoms with Crippen LogP contribution in [0.25, 0.3) is 0 Å². The first kappa shape index (κ1) is 24.1. The Bertz CT molecular complexity index is 1320. The third-order valence-corrected chi connectivity index (χ3v) is 7.38. The molecule has 0 spiro atoms. The molecule has 0 bridgehead atoms. The molecule has 0 aliphatic rings. The van der Waals surface area contributed by atoms with Crippen molar-refractivity contribution in [3.05, 3.63) is 71.7 Å². The van der Waals surface area contributed by atoms with Crippen molar-refractivity contribution < 1.29 is 23.1 Å². The van der Waals surface area contributed by atoms with Crippen molar-refractivity contribution in [1.82, 2.24) is 10.2 Å². The Morgan fingerprint density at radius 3 is 2.15 bits per heavy atom. The zero-order valence-corrected chi connectivity index (χ0v) is 19.7. The number of benzene rings is 2. The highest BCUT2D eigenvalue weighted by Crippen LogP contribution is 2.35. The Kier molecular flexibility index (Phi) is 6.99. The lowest BCUT2D eigenvalue weighted by Gasteiger charge is -2.08. The zero-order valence-electron chi connectivity index (χ0n) is 16.5. The summed E-state index contributed by atoms with van der Waals surface area (Å²) in [5.74, 6) is -0.858. The molecule has 172 valence electrons. The van der Waals surface area contributed by atoms with Gasteiger partial charge in [0.2, 0.25) is 5.13 Å². The lowest BCUT2D eigenvalue weighted by molar-refractivity contribution is -0.395. The second-order valence-electron chi connectivity index (χ2n) is 6.28. The average molecular weight is 557 g/mol. The predicted octanol–water partition coefficient (Wildman–Crippen LogP) is 3.73. The normalized spacial score (nSPS) is 11.1. The van der Waals surface area contributed by atoms with Gasteiger partial charge in [0.15, 0.2) is 4.47 Å². The van der Waals surface area contributed by atoms with Crippen molar-refractivity contribution in [3.63, 3.8) is 0 Å². The monoisotopic (exact) mass is 556 g/mol. The van der Waals surface area contributed by atoms with E-state index >= 15 is 0 Å². The maximum absolute atomic E-state index is 12.5. The van der Waals surface area contributed by atoms with Gasteiger partial charge in [-0.3, -0.25) is 29.7 Å².